The molecule has 5 nitrogen and oxygen atoms in total. The fourth-order valence-electron chi connectivity index (χ4n) is 2.20. The zero-order valence-electron chi connectivity index (χ0n) is 13.3. The molecule has 0 spiro atoms. The lowest BCUT2D eigenvalue weighted by molar-refractivity contribution is -0.137. The van der Waals surface area contributed by atoms with Gasteiger partial charge in [-0.3, -0.25) is 0 Å². The van der Waals surface area contributed by atoms with Gasteiger partial charge >= 0.3 is 6.18 Å². The minimum absolute atomic E-state index is 0.461. The Kier molecular flexibility index (Phi) is 4.60. The number of aryl methyl sites for hydroxylation is 1. The third-order valence-electron chi connectivity index (χ3n) is 3.35. The molecule has 0 bridgehead atoms. The zero-order valence-corrected chi connectivity index (χ0v) is 13.3. The average Bonchev–Trinajstić information content (AvgIpc) is 3.05. The van der Waals surface area contributed by atoms with E-state index in [0.717, 1.165) is 17.9 Å². The van der Waals surface area contributed by atoms with Gasteiger partial charge in [0.05, 0.1) is 18.4 Å². The molecular weight excluding hydrogens is 333 g/mol. The molecule has 25 heavy (non-hydrogen) atoms. The molecule has 3 aromatic rings. The van der Waals surface area contributed by atoms with Gasteiger partial charge in [-0.1, -0.05) is 0 Å². The van der Waals surface area contributed by atoms with Crippen LogP contribution in [0.5, 0.6) is 0 Å². The quantitative estimate of drug-likeness (QED) is 0.696. The van der Waals surface area contributed by atoms with E-state index in [4.69, 9.17) is 4.42 Å². The summed E-state index contributed by atoms with van der Waals surface area (Å²) in [6.07, 6.45) is -2.77. The highest BCUT2D eigenvalue weighted by Gasteiger charge is 2.29. The number of hydrogen-bond acceptors (Lipinski definition) is 5. The van der Waals surface area contributed by atoms with Crippen molar-refractivity contribution < 1.29 is 17.6 Å². The first-order valence-corrected chi connectivity index (χ1v) is 7.46. The van der Waals surface area contributed by atoms with Crippen molar-refractivity contribution in [3.63, 3.8) is 0 Å². The lowest BCUT2D eigenvalue weighted by atomic mass is 10.2. The molecule has 0 aliphatic carbocycles. The second kappa shape index (κ2) is 6.84. The molecule has 0 aliphatic heterocycles. The minimum Gasteiger partial charge on any atom is -0.467 e. The Morgan fingerprint density at radius 1 is 1.04 bits per heavy atom. The molecule has 0 amide bonds. The van der Waals surface area contributed by atoms with Gasteiger partial charge in [0.15, 0.2) is 0 Å². The van der Waals surface area contributed by atoms with E-state index in [1.54, 1.807) is 25.3 Å². The topological polar surface area (TPSA) is 63.0 Å². The van der Waals surface area contributed by atoms with Gasteiger partial charge in [-0.15, -0.1) is 0 Å². The molecule has 2 aromatic heterocycles. The standard InChI is InChI=1S/C17H15F3N4O/c1-11-22-15(21-10-14-3-2-8-25-14)9-16(23-11)24-13-6-4-12(5-7-13)17(18,19)20/h2-9H,10H2,1H3,(H2,21,22,23,24). The summed E-state index contributed by atoms with van der Waals surface area (Å²) in [5.41, 5.74) is -0.194. The Hall–Kier alpha value is -3.03. The monoisotopic (exact) mass is 348 g/mol. The number of halogens is 3. The van der Waals surface area contributed by atoms with Crippen LogP contribution in [-0.2, 0) is 12.7 Å². The van der Waals surface area contributed by atoms with Crippen molar-refractivity contribution in [1.29, 1.82) is 0 Å². The lowest BCUT2D eigenvalue weighted by Crippen LogP contribution is -2.06. The van der Waals surface area contributed by atoms with Crippen LogP contribution in [-0.4, -0.2) is 9.97 Å². The van der Waals surface area contributed by atoms with Crippen molar-refractivity contribution in [3.8, 4) is 0 Å². The van der Waals surface area contributed by atoms with Crippen molar-refractivity contribution in [1.82, 2.24) is 9.97 Å². The van der Waals surface area contributed by atoms with Crippen LogP contribution >= 0.6 is 0 Å². The van der Waals surface area contributed by atoms with E-state index in [9.17, 15) is 13.2 Å². The Morgan fingerprint density at radius 3 is 2.40 bits per heavy atom. The van der Waals surface area contributed by atoms with Crippen molar-refractivity contribution in [2.24, 2.45) is 0 Å². The van der Waals surface area contributed by atoms with Crippen molar-refractivity contribution >= 4 is 17.3 Å². The molecule has 0 fully saturated rings. The van der Waals surface area contributed by atoms with Gasteiger partial charge < -0.3 is 15.1 Å². The van der Waals surface area contributed by atoms with Crippen LogP contribution in [0.15, 0.2) is 53.1 Å². The van der Waals surface area contributed by atoms with Gasteiger partial charge in [0.25, 0.3) is 0 Å². The van der Waals surface area contributed by atoms with Gasteiger partial charge in [0, 0.05) is 11.8 Å². The van der Waals surface area contributed by atoms with Crippen LogP contribution in [0.3, 0.4) is 0 Å². The summed E-state index contributed by atoms with van der Waals surface area (Å²) in [6.45, 7) is 2.19. The molecule has 0 aliphatic rings. The maximum atomic E-state index is 12.6. The number of nitrogens with zero attached hydrogens (tertiary/aromatic N) is 2. The highest BCUT2D eigenvalue weighted by Crippen LogP contribution is 2.30. The van der Waals surface area contributed by atoms with Gasteiger partial charge in [-0.25, -0.2) is 9.97 Å². The second-order valence-electron chi connectivity index (χ2n) is 5.32. The molecule has 2 heterocycles. The normalized spacial score (nSPS) is 11.4. The largest absolute Gasteiger partial charge is 0.467 e. The van der Waals surface area contributed by atoms with Crippen molar-refractivity contribution in [2.45, 2.75) is 19.6 Å². The summed E-state index contributed by atoms with van der Waals surface area (Å²) in [5.74, 6) is 2.35. The predicted octanol–water partition coefficient (Wildman–Crippen LogP) is 4.75. The van der Waals surface area contributed by atoms with E-state index in [0.29, 0.717) is 29.7 Å². The highest BCUT2D eigenvalue weighted by atomic mass is 19.4. The molecule has 0 saturated heterocycles. The first kappa shape index (κ1) is 16.8. The smallest absolute Gasteiger partial charge is 0.416 e. The van der Waals surface area contributed by atoms with Crippen LogP contribution in [0.4, 0.5) is 30.5 Å². The fraction of sp³-hybridized carbons (Fsp3) is 0.176. The number of furan rings is 1. The van der Waals surface area contributed by atoms with E-state index in [-0.39, 0.29) is 0 Å². The number of aromatic nitrogens is 2. The highest BCUT2D eigenvalue weighted by molar-refractivity contribution is 5.59. The molecular formula is C17H15F3N4O. The number of benzene rings is 1. The molecule has 0 atom stereocenters. The third-order valence-corrected chi connectivity index (χ3v) is 3.35. The maximum absolute atomic E-state index is 12.6. The van der Waals surface area contributed by atoms with Gasteiger partial charge in [-0.05, 0) is 43.3 Å². The van der Waals surface area contributed by atoms with Crippen molar-refractivity contribution in [3.05, 3.63) is 65.9 Å². The number of alkyl halides is 3. The van der Waals surface area contributed by atoms with Gasteiger partial charge in [0.2, 0.25) is 0 Å². The third kappa shape index (κ3) is 4.50. The van der Waals surface area contributed by atoms with Crippen LogP contribution in [0.1, 0.15) is 17.1 Å². The first-order chi connectivity index (χ1) is 11.9. The average molecular weight is 348 g/mol. The molecule has 130 valence electrons. The molecule has 8 heteroatoms. The van der Waals surface area contributed by atoms with Gasteiger partial charge in [0.1, 0.15) is 23.2 Å². The maximum Gasteiger partial charge on any atom is 0.416 e. The first-order valence-electron chi connectivity index (χ1n) is 7.46. The molecule has 2 N–H and O–H groups in total. The number of rotatable bonds is 5. The SMILES string of the molecule is Cc1nc(NCc2ccco2)cc(Nc2ccc(C(F)(F)F)cc2)n1. The van der Waals surface area contributed by atoms with Crippen LogP contribution < -0.4 is 10.6 Å². The van der Waals surface area contributed by atoms with E-state index in [1.165, 1.54) is 12.1 Å². The summed E-state index contributed by atoms with van der Waals surface area (Å²) in [6, 6.07) is 10.1. The van der Waals surface area contributed by atoms with Crippen molar-refractivity contribution in [2.75, 3.05) is 10.6 Å². The Bertz CT molecular complexity index is 830. The summed E-state index contributed by atoms with van der Waals surface area (Å²) in [4.78, 5) is 8.51. The summed E-state index contributed by atoms with van der Waals surface area (Å²) >= 11 is 0. The predicted molar refractivity (Wildman–Crippen MR) is 87.5 cm³/mol. The molecule has 1 aromatic carbocycles. The molecule has 0 unspecified atom stereocenters. The zero-order chi connectivity index (χ0) is 17.9. The number of nitrogens with one attached hydrogen (secondary N) is 2. The molecule has 0 saturated carbocycles. The summed E-state index contributed by atoms with van der Waals surface area (Å²) < 4.78 is 43.0. The van der Waals surface area contributed by atoms with Crippen LogP contribution in [0, 0.1) is 6.92 Å². The number of anilines is 3. The fourth-order valence-corrected chi connectivity index (χ4v) is 2.20. The Labute approximate surface area is 141 Å². The van der Waals surface area contributed by atoms with Crippen LogP contribution in [0.2, 0.25) is 0 Å². The molecule has 3 rings (SSSR count). The number of hydrogen-bond donors (Lipinski definition) is 2. The summed E-state index contributed by atoms with van der Waals surface area (Å²) in [5, 5.41) is 6.08. The Morgan fingerprint density at radius 2 is 1.76 bits per heavy atom. The van der Waals surface area contributed by atoms with Crippen LogP contribution in [0.25, 0.3) is 0 Å². The van der Waals surface area contributed by atoms with E-state index in [1.807, 2.05) is 6.07 Å². The summed E-state index contributed by atoms with van der Waals surface area (Å²) in [7, 11) is 0. The second-order valence-corrected chi connectivity index (χ2v) is 5.32. The lowest BCUT2D eigenvalue weighted by Gasteiger charge is -2.11. The minimum atomic E-state index is -4.35. The molecule has 0 radical (unpaired) electrons. The Balaban J connectivity index is 1.71. The van der Waals surface area contributed by atoms with E-state index >= 15 is 0 Å². The van der Waals surface area contributed by atoms with E-state index in [2.05, 4.69) is 20.6 Å². The van der Waals surface area contributed by atoms with E-state index < -0.39 is 11.7 Å². The van der Waals surface area contributed by atoms with Gasteiger partial charge in [-0.2, -0.15) is 13.2 Å².